The van der Waals surface area contributed by atoms with Crippen molar-refractivity contribution < 1.29 is 19.4 Å². The summed E-state index contributed by atoms with van der Waals surface area (Å²) in [5, 5.41) is 11.6. The van der Waals surface area contributed by atoms with E-state index in [1.807, 2.05) is 45.0 Å². The van der Waals surface area contributed by atoms with Crippen LogP contribution < -0.4 is 5.32 Å². The van der Waals surface area contributed by atoms with E-state index in [0.717, 1.165) is 11.1 Å². The molecule has 5 nitrogen and oxygen atoms in total. The first-order valence-corrected chi connectivity index (χ1v) is 6.95. The first-order valence-electron chi connectivity index (χ1n) is 6.95. The highest BCUT2D eigenvalue weighted by atomic mass is 16.6. The molecule has 21 heavy (non-hydrogen) atoms. The molecule has 0 aromatic heterocycles. The van der Waals surface area contributed by atoms with Crippen molar-refractivity contribution in [3.63, 3.8) is 0 Å². The summed E-state index contributed by atoms with van der Waals surface area (Å²) in [6, 6.07) is 7.51. The zero-order valence-corrected chi connectivity index (χ0v) is 13.0. The lowest BCUT2D eigenvalue weighted by Gasteiger charge is -2.19. The average molecular weight is 293 g/mol. The summed E-state index contributed by atoms with van der Waals surface area (Å²) in [5.74, 6) is -1.21. The molecule has 0 bridgehead atoms. The van der Waals surface area contributed by atoms with Crippen LogP contribution in [0.2, 0.25) is 0 Å². The second-order valence-electron chi connectivity index (χ2n) is 6.12. The molecule has 0 spiro atoms. The van der Waals surface area contributed by atoms with Gasteiger partial charge >= 0.3 is 12.1 Å². The van der Waals surface area contributed by atoms with Crippen molar-refractivity contribution in [1.29, 1.82) is 0 Å². The van der Waals surface area contributed by atoms with Gasteiger partial charge in [-0.05, 0) is 38.3 Å². The number of carboxylic acids is 1. The topological polar surface area (TPSA) is 75.6 Å². The molecule has 2 N–H and O–H groups in total. The molecule has 1 aromatic carbocycles. The quantitative estimate of drug-likeness (QED) is 0.875. The van der Waals surface area contributed by atoms with E-state index in [-0.39, 0.29) is 0 Å². The fraction of sp³-hybridized carbons (Fsp3) is 0.500. The lowest BCUT2D eigenvalue weighted by Crippen LogP contribution is -2.32. The van der Waals surface area contributed by atoms with Gasteiger partial charge in [0.15, 0.2) is 0 Å². The molecule has 0 radical (unpaired) electrons. The highest BCUT2D eigenvalue weighted by molar-refractivity contribution is 5.70. The van der Waals surface area contributed by atoms with E-state index < -0.39 is 23.6 Å². The van der Waals surface area contributed by atoms with E-state index in [2.05, 4.69) is 5.32 Å². The van der Waals surface area contributed by atoms with Gasteiger partial charge in [0.25, 0.3) is 0 Å². The number of aliphatic carboxylic acids is 1. The molecule has 0 saturated heterocycles. The minimum absolute atomic E-state index is 0.379. The summed E-state index contributed by atoms with van der Waals surface area (Å²) < 4.78 is 5.15. The standard InChI is InChI=1S/C16H23NO4/c1-11(14(18)19)9-12-5-7-13(8-6-12)10-17-15(20)21-16(2,3)4/h5-8,11H,9-10H2,1-4H3,(H,17,20)(H,18,19). The maximum Gasteiger partial charge on any atom is 0.407 e. The number of nitrogens with one attached hydrogen (secondary N) is 1. The number of amides is 1. The molecule has 1 aromatic rings. The van der Waals surface area contributed by atoms with E-state index in [1.54, 1.807) is 6.92 Å². The fourth-order valence-electron chi connectivity index (χ4n) is 1.72. The van der Waals surface area contributed by atoms with E-state index in [1.165, 1.54) is 0 Å². The third-order valence-corrected chi connectivity index (χ3v) is 2.82. The zero-order valence-electron chi connectivity index (χ0n) is 13.0. The van der Waals surface area contributed by atoms with Crippen molar-refractivity contribution in [2.75, 3.05) is 0 Å². The van der Waals surface area contributed by atoms with E-state index in [0.29, 0.717) is 13.0 Å². The minimum atomic E-state index is -0.800. The molecule has 0 aliphatic carbocycles. The number of benzene rings is 1. The Morgan fingerprint density at radius 3 is 2.19 bits per heavy atom. The number of carbonyl (C=O) groups excluding carboxylic acids is 1. The van der Waals surface area contributed by atoms with Crippen LogP contribution in [-0.2, 0) is 22.5 Å². The molecule has 1 rings (SSSR count). The summed E-state index contributed by atoms with van der Waals surface area (Å²) in [5.41, 5.74) is 1.39. The van der Waals surface area contributed by atoms with E-state index >= 15 is 0 Å². The molecule has 0 saturated carbocycles. The fourth-order valence-corrected chi connectivity index (χ4v) is 1.72. The Hall–Kier alpha value is -2.04. The van der Waals surface area contributed by atoms with Gasteiger partial charge in [0, 0.05) is 6.54 Å². The molecule has 1 unspecified atom stereocenters. The van der Waals surface area contributed by atoms with Crippen molar-refractivity contribution in [2.24, 2.45) is 5.92 Å². The molecular formula is C16H23NO4. The van der Waals surface area contributed by atoms with Crippen molar-refractivity contribution >= 4 is 12.1 Å². The van der Waals surface area contributed by atoms with Crippen molar-refractivity contribution in [3.05, 3.63) is 35.4 Å². The van der Waals surface area contributed by atoms with Gasteiger partial charge in [-0.3, -0.25) is 4.79 Å². The SMILES string of the molecule is CC(Cc1ccc(CNC(=O)OC(C)(C)C)cc1)C(=O)O. The zero-order chi connectivity index (χ0) is 16.0. The Labute approximate surface area is 125 Å². The van der Waals surface area contributed by atoms with Crippen LogP contribution in [0.25, 0.3) is 0 Å². The van der Waals surface area contributed by atoms with Gasteiger partial charge in [0.05, 0.1) is 5.92 Å². The smallest absolute Gasteiger partial charge is 0.407 e. The minimum Gasteiger partial charge on any atom is -0.481 e. The van der Waals surface area contributed by atoms with Crippen LogP contribution >= 0.6 is 0 Å². The summed E-state index contributed by atoms with van der Waals surface area (Å²) in [6.45, 7) is 7.49. The van der Waals surface area contributed by atoms with Crippen LogP contribution in [0, 0.1) is 5.92 Å². The van der Waals surface area contributed by atoms with Gasteiger partial charge in [-0.15, -0.1) is 0 Å². The van der Waals surface area contributed by atoms with Gasteiger partial charge in [-0.2, -0.15) is 0 Å². The summed E-state index contributed by atoms with van der Waals surface area (Å²) in [6.07, 6.45) is 0.0424. The molecule has 0 fully saturated rings. The van der Waals surface area contributed by atoms with Crippen molar-refractivity contribution in [1.82, 2.24) is 5.32 Å². The first-order chi connectivity index (χ1) is 9.67. The largest absolute Gasteiger partial charge is 0.481 e. The number of hydrogen-bond donors (Lipinski definition) is 2. The number of ether oxygens (including phenoxy) is 1. The normalized spacial score (nSPS) is 12.6. The van der Waals surface area contributed by atoms with Crippen LogP contribution in [-0.4, -0.2) is 22.8 Å². The van der Waals surface area contributed by atoms with Crippen molar-refractivity contribution in [3.8, 4) is 0 Å². The first kappa shape index (κ1) is 17.0. The second kappa shape index (κ2) is 7.11. The summed E-state index contributed by atoms with van der Waals surface area (Å²) >= 11 is 0. The number of rotatable bonds is 5. The van der Waals surface area contributed by atoms with Crippen LogP contribution in [0.4, 0.5) is 4.79 Å². The van der Waals surface area contributed by atoms with Crippen LogP contribution in [0.5, 0.6) is 0 Å². The summed E-state index contributed by atoms with van der Waals surface area (Å²) in [7, 11) is 0. The third-order valence-electron chi connectivity index (χ3n) is 2.82. The van der Waals surface area contributed by atoms with Crippen molar-refractivity contribution in [2.45, 2.75) is 46.3 Å². The summed E-state index contributed by atoms with van der Waals surface area (Å²) in [4.78, 5) is 22.3. The monoisotopic (exact) mass is 293 g/mol. The Kier molecular flexibility index (Phi) is 5.76. The molecule has 1 atom stereocenters. The molecule has 0 aliphatic rings. The molecule has 0 aliphatic heterocycles. The molecule has 5 heteroatoms. The second-order valence-corrected chi connectivity index (χ2v) is 6.12. The Morgan fingerprint density at radius 2 is 1.71 bits per heavy atom. The molecule has 116 valence electrons. The highest BCUT2D eigenvalue weighted by Crippen LogP contribution is 2.11. The van der Waals surface area contributed by atoms with Crippen LogP contribution in [0.15, 0.2) is 24.3 Å². The van der Waals surface area contributed by atoms with Gasteiger partial charge in [-0.25, -0.2) is 4.79 Å². The molecular weight excluding hydrogens is 270 g/mol. The maximum absolute atomic E-state index is 11.5. The van der Waals surface area contributed by atoms with Gasteiger partial charge in [0.1, 0.15) is 5.60 Å². The Balaban J connectivity index is 2.48. The molecule has 0 heterocycles. The Bertz CT molecular complexity index is 488. The van der Waals surface area contributed by atoms with Crippen LogP contribution in [0.1, 0.15) is 38.8 Å². The van der Waals surface area contributed by atoms with E-state index in [4.69, 9.17) is 9.84 Å². The maximum atomic E-state index is 11.5. The van der Waals surface area contributed by atoms with Crippen LogP contribution in [0.3, 0.4) is 0 Å². The van der Waals surface area contributed by atoms with E-state index in [9.17, 15) is 9.59 Å². The lowest BCUT2D eigenvalue weighted by molar-refractivity contribution is -0.141. The predicted molar refractivity (Wildman–Crippen MR) is 80.0 cm³/mol. The van der Waals surface area contributed by atoms with Gasteiger partial charge in [-0.1, -0.05) is 31.2 Å². The third kappa shape index (κ3) is 6.79. The lowest BCUT2D eigenvalue weighted by atomic mass is 10.0. The van der Waals surface area contributed by atoms with Gasteiger partial charge < -0.3 is 15.2 Å². The number of carboxylic acid groups (broad SMARTS) is 1. The number of alkyl carbamates (subject to hydrolysis) is 1. The number of hydrogen-bond acceptors (Lipinski definition) is 3. The predicted octanol–water partition coefficient (Wildman–Crippen LogP) is 2.97. The average Bonchev–Trinajstić information content (AvgIpc) is 2.35. The number of carbonyl (C=O) groups is 2. The van der Waals surface area contributed by atoms with Gasteiger partial charge in [0.2, 0.25) is 0 Å². The highest BCUT2D eigenvalue weighted by Gasteiger charge is 2.15. The Morgan fingerprint density at radius 1 is 1.19 bits per heavy atom. The molecule has 1 amide bonds.